The third kappa shape index (κ3) is 2.61. The molecule has 2 aromatic rings. The van der Waals surface area contributed by atoms with Gasteiger partial charge < -0.3 is 4.90 Å². The summed E-state index contributed by atoms with van der Waals surface area (Å²) in [7, 11) is 1.76. The van der Waals surface area contributed by atoms with E-state index in [1.807, 2.05) is 67.6 Å². The molecule has 0 bridgehead atoms. The molecule has 1 N–H and O–H groups in total. The molecule has 4 rings (SSSR count). The Morgan fingerprint density at radius 1 is 0.960 bits per heavy atom. The molecule has 0 saturated carbocycles. The minimum absolute atomic E-state index is 0.0147. The number of nitrogens with zero attached hydrogens (tertiary/aromatic N) is 2. The van der Waals surface area contributed by atoms with Gasteiger partial charge in [0, 0.05) is 7.05 Å². The molecule has 5 nitrogen and oxygen atoms in total. The highest BCUT2D eigenvalue weighted by Gasteiger charge is 2.53. The molecule has 0 spiro atoms. The summed E-state index contributed by atoms with van der Waals surface area (Å²) < 4.78 is 0. The molecule has 0 aliphatic carbocycles. The van der Waals surface area contributed by atoms with E-state index >= 15 is 0 Å². The van der Waals surface area contributed by atoms with Gasteiger partial charge in [-0.2, -0.15) is 0 Å². The van der Waals surface area contributed by atoms with Crippen LogP contribution in [0.4, 0.5) is 4.79 Å². The molecule has 25 heavy (non-hydrogen) atoms. The first kappa shape index (κ1) is 15.8. The smallest absolute Gasteiger partial charge is 0.322 e. The van der Waals surface area contributed by atoms with Gasteiger partial charge in [-0.3, -0.25) is 15.0 Å². The van der Waals surface area contributed by atoms with E-state index in [2.05, 4.69) is 5.32 Å². The van der Waals surface area contributed by atoms with E-state index in [-0.39, 0.29) is 36.1 Å². The van der Waals surface area contributed by atoms with Gasteiger partial charge in [-0.15, -0.1) is 0 Å². The molecule has 0 unspecified atom stereocenters. The fraction of sp³-hybridized carbons (Fsp3) is 0.300. The quantitative estimate of drug-likeness (QED) is 0.877. The van der Waals surface area contributed by atoms with Gasteiger partial charge in [-0.05, 0) is 18.1 Å². The standard InChI is InChI=1S/C20H21N3O2/c1-13-18(15-11-7-4-8-12-15)23(20(25)22(13)2)19(24)17-16(21-17)14-9-5-3-6-10-14/h3-13,16-18,21H,1-2H3/t13-,16-,17-,18-/m1/s1. The Kier molecular flexibility index (Phi) is 3.81. The van der Waals surface area contributed by atoms with Crippen molar-refractivity contribution in [3.05, 3.63) is 71.8 Å². The van der Waals surface area contributed by atoms with Gasteiger partial charge in [0.05, 0.1) is 18.1 Å². The molecular formula is C20H21N3O2. The summed E-state index contributed by atoms with van der Waals surface area (Å²) in [4.78, 5) is 28.9. The maximum Gasteiger partial charge on any atom is 0.327 e. The number of rotatable bonds is 3. The van der Waals surface area contributed by atoms with Crippen molar-refractivity contribution in [3.63, 3.8) is 0 Å². The number of amides is 3. The second-order valence-corrected chi connectivity index (χ2v) is 6.73. The fourth-order valence-electron chi connectivity index (χ4n) is 3.65. The number of carbonyl (C=O) groups is 2. The largest absolute Gasteiger partial charge is 0.327 e. The molecule has 2 aliphatic rings. The molecule has 2 heterocycles. The molecule has 2 saturated heterocycles. The maximum absolute atomic E-state index is 13.1. The SMILES string of the molecule is C[C@@H]1[C@H](c2ccccc2)N(C(=O)[C@@H]2N[C@@H]2c2ccccc2)C(=O)N1C. The summed E-state index contributed by atoms with van der Waals surface area (Å²) >= 11 is 0. The van der Waals surface area contributed by atoms with Crippen molar-refractivity contribution in [2.75, 3.05) is 7.05 Å². The lowest BCUT2D eigenvalue weighted by Gasteiger charge is -2.24. The van der Waals surface area contributed by atoms with E-state index in [0.717, 1.165) is 11.1 Å². The van der Waals surface area contributed by atoms with Crippen LogP contribution in [0.3, 0.4) is 0 Å². The van der Waals surface area contributed by atoms with Crippen molar-refractivity contribution in [1.82, 2.24) is 15.1 Å². The van der Waals surface area contributed by atoms with Crippen LogP contribution in [0.5, 0.6) is 0 Å². The number of benzene rings is 2. The number of carbonyl (C=O) groups excluding carboxylic acids is 2. The van der Waals surface area contributed by atoms with Crippen molar-refractivity contribution in [1.29, 1.82) is 0 Å². The first-order valence-electron chi connectivity index (χ1n) is 8.55. The van der Waals surface area contributed by atoms with Crippen LogP contribution in [-0.4, -0.2) is 40.9 Å². The lowest BCUT2D eigenvalue weighted by Crippen LogP contribution is -2.39. The van der Waals surface area contributed by atoms with Gasteiger partial charge >= 0.3 is 6.03 Å². The molecule has 2 fully saturated rings. The van der Waals surface area contributed by atoms with Crippen molar-refractivity contribution in [3.8, 4) is 0 Å². The first-order chi connectivity index (χ1) is 12.1. The Hall–Kier alpha value is -2.66. The molecule has 3 amide bonds. The van der Waals surface area contributed by atoms with Crippen molar-refractivity contribution in [2.45, 2.75) is 31.1 Å². The van der Waals surface area contributed by atoms with E-state index < -0.39 is 0 Å². The van der Waals surface area contributed by atoms with Crippen molar-refractivity contribution < 1.29 is 9.59 Å². The number of imide groups is 1. The molecule has 128 valence electrons. The predicted octanol–water partition coefficient (Wildman–Crippen LogP) is 2.72. The lowest BCUT2D eigenvalue weighted by atomic mass is 10.00. The Morgan fingerprint density at radius 2 is 1.52 bits per heavy atom. The van der Waals surface area contributed by atoms with Crippen molar-refractivity contribution >= 4 is 11.9 Å². The summed E-state index contributed by atoms with van der Waals surface area (Å²) in [6.45, 7) is 1.98. The molecule has 2 aromatic carbocycles. The average molecular weight is 335 g/mol. The Bertz CT molecular complexity index is 793. The van der Waals surface area contributed by atoms with Gasteiger partial charge in [-0.1, -0.05) is 60.7 Å². The van der Waals surface area contributed by atoms with E-state index in [1.54, 1.807) is 11.9 Å². The minimum atomic E-state index is -0.337. The highest BCUT2D eigenvalue weighted by molar-refractivity contribution is 6.01. The van der Waals surface area contributed by atoms with Gasteiger partial charge in [0.25, 0.3) is 0 Å². The summed E-state index contributed by atoms with van der Waals surface area (Å²) in [5.41, 5.74) is 2.06. The van der Waals surface area contributed by atoms with Crippen LogP contribution < -0.4 is 5.32 Å². The van der Waals surface area contributed by atoms with Crippen molar-refractivity contribution in [2.24, 2.45) is 0 Å². The van der Waals surface area contributed by atoms with E-state index in [9.17, 15) is 9.59 Å². The lowest BCUT2D eigenvalue weighted by molar-refractivity contribution is -0.129. The highest BCUT2D eigenvalue weighted by atomic mass is 16.2. The second kappa shape index (κ2) is 6.01. The second-order valence-electron chi connectivity index (χ2n) is 6.73. The van der Waals surface area contributed by atoms with E-state index in [4.69, 9.17) is 0 Å². The number of hydrogen-bond acceptors (Lipinski definition) is 3. The van der Waals surface area contributed by atoms with E-state index in [1.165, 1.54) is 4.90 Å². The van der Waals surface area contributed by atoms with Crippen LogP contribution in [0.15, 0.2) is 60.7 Å². The normalized spacial score (nSPS) is 28.3. The van der Waals surface area contributed by atoms with Crippen LogP contribution in [0.1, 0.15) is 30.1 Å². The van der Waals surface area contributed by atoms with Crippen LogP contribution in [-0.2, 0) is 4.79 Å². The Balaban J connectivity index is 1.61. The highest BCUT2D eigenvalue weighted by Crippen LogP contribution is 2.38. The zero-order valence-electron chi connectivity index (χ0n) is 14.3. The molecule has 0 radical (unpaired) electrons. The third-order valence-corrected chi connectivity index (χ3v) is 5.24. The monoisotopic (exact) mass is 335 g/mol. The third-order valence-electron chi connectivity index (χ3n) is 5.24. The number of urea groups is 1. The first-order valence-corrected chi connectivity index (χ1v) is 8.55. The Morgan fingerprint density at radius 3 is 2.12 bits per heavy atom. The van der Waals surface area contributed by atoms with Gasteiger partial charge in [-0.25, -0.2) is 4.79 Å². The molecule has 0 aromatic heterocycles. The summed E-state index contributed by atoms with van der Waals surface area (Å²) in [5.74, 6) is -0.149. The zero-order valence-corrected chi connectivity index (χ0v) is 14.3. The summed E-state index contributed by atoms with van der Waals surface area (Å²) in [6.07, 6.45) is 0. The number of hydrogen-bond donors (Lipinski definition) is 1. The predicted molar refractivity (Wildman–Crippen MR) is 94.8 cm³/mol. The Labute approximate surface area is 147 Å². The molecule has 4 atom stereocenters. The summed E-state index contributed by atoms with van der Waals surface area (Å²) in [5, 5.41) is 3.22. The van der Waals surface area contributed by atoms with Gasteiger partial charge in [0.2, 0.25) is 5.91 Å². The van der Waals surface area contributed by atoms with Gasteiger partial charge in [0.1, 0.15) is 6.04 Å². The number of nitrogens with one attached hydrogen (secondary N) is 1. The molecule has 5 heteroatoms. The minimum Gasteiger partial charge on any atom is -0.322 e. The molecule has 2 aliphatic heterocycles. The van der Waals surface area contributed by atoms with Crippen LogP contribution >= 0.6 is 0 Å². The van der Waals surface area contributed by atoms with Crippen LogP contribution in [0.2, 0.25) is 0 Å². The number of likely N-dealkylation sites (N-methyl/N-ethyl adjacent to an activating group) is 1. The van der Waals surface area contributed by atoms with Crippen LogP contribution in [0.25, 0.3) is 0 Å². The van der Waals surface area contributed by atoms with Gasteiger partial charge in [0.15, 0.2) is 0 Å². The zero-order chi connectivity index (χ0) is 17.6. The molecular weight excluding hydrogens is 314 g/mol. The average Bonchev–Trinajstić information content (AvgIpc) is 3.42. The van der Waals surface area contributed by atoms with Crippen LogP contribution in [0, 0.1) is 0 Å². The topological polar surface area (TPSA) is 62.6 Å². The maximum atomic E-state index is 13.1. The van der Waals surface area contributed by atoms with E-state index in [0.29, 0.717) is 0 Å². The fourth-order valence-corrected chi connectivity index (χ4v) is 3.65. The summed E-state index contributed by atoms with van der Waals surface area (Å²) in [6, 6.07) is 18.7.